The largest absolute Gasteiger partial charge is 0.340 e. The van der Waals surface area contributed by atoms with E-state index in [-0.39, 0.29) is 4.90 Å². The molecule has 3 aromatic rings. The van der Waals surface area contributed by atoms with Gasteiger partial charge in [-0.1, -0.05) is 29.8 Å². The number of anilines is 1. The lowest BCUT2D eigenvalue weighted by molar-refractivity contribution is 0.381. The zero-order chi connectivity index (χ0) is 18.3. The van der Waals surface area contributed by atoms with Gasteiger partial charge in [0.2, 0.25) is 16.0 Å². The maximum Gasteiger partial charge on any atom is 0.243 e. The van der Waals surface area contributed by atoms with E-state index in [0.717, 1.165) is 17.0 Å². The van der Waals surface area contributed by atoms with Crippen LogP contribution in [0.15, 0.2) is 53.4 Å². The molecule has 0 radical (unpaired) electrons. The van der Waals surface area contributed by atoms with Gasteiger partial charge in [-0.25, -0.2) is 13.4 Å². The Morgan fingerprint density at radius 3 is 2.42 bits per heavy atom. The zero-order valence-corrected chi connectivity index (χ0v) is 15.9. The zero-order valence-electron chi connectivity index (χ0n) is 14.3. The van der Waals surface area contributed by atoms with Crippen LogP contribution >= 0.6 is 11.6 Å². The summed E-state index contributed by atoms with van der Waals surface area (Å²) in [5.41, 5.74) is 2.01. The molecule has 0 amide bonds. The first-order chi connectivity index (χ1) is 12.5. The summed E-state index contributed by atoms with van der Waals surface area (Å²) in [5.74, 6) is 0.867. The molecular weight excluding hydrogens is 372 g/mol. The Morgan fingerprint density at radius 2 is 1.73 bits per heavy atom. The highest BCUT2D eigenvalue weighted by atomic mass is 35.5. The fourth-order valence-corrected chi connectivity index (χ4v) is 5.04. The summed E-state index contributed by atoms with van der Waals surface area (Å²) in [6.07, 6.45) is 0. The summed E-state index contributed by atoms with van der Waals surface area (Å²) < 4.78 is 29.2. The van der Waals surface area contributed by atoms with Crippen molar-refractivity contribution in [2.24, 2.45) is 7.05 Å². The highest BCUT2D eigenvalue weighted by Gasteiger charge is 2.30. The van der Waals surface area contributed by atoms with Gasteiger partial charge in [0.15, 0.2) is 0 Å². The maximum atomic E-state index is 12.8. The van der Waals surface area contributed by atoms with E-state index < -0.39 is 10.0 Å². The lowest BCUT2D eigenvalue weighted by atomic mass is 10.3. The van der Waals surface area contributed by atoms with Gasteiger partial charge >= 0.3 is 0 Å². The third kappa shape index (κ3) is 2.96. The number of piperazine rings is 1. The number of nitrogens with zero attached hydrogens (tertiary/aromatic N) is 4. The number of sulfonamides is 1. The van der Waals surface area contributed by atoms with Gasteiger partial charge in [0, 0.05) is 38.2 Å². The molecule has 2 heterocycles. The van der Waals surface area contributed by atoms with E-state index in [9.17, 15) is 8.42 Å². The van der Waals surface area contributed by atoms with Gasteiger partial charge in [0.05, 0.1) is 15.9 Å². The maximum absolute atomic E-state index is 12.8. The average molecular weight is 391 g/mol. The molecule has 8 heteroatoms. The Bertz CT molecular complexity index is 1060. The molecule has 0 saturated carbocycles. The van der Waals surface area contributed by atoms with Crippen LogP contribution in [0.3, 0.4) is 0 Å². The minimum atomic E-state index is -3.53. The minimum Gasteiger partial charge on any atom is -0.340 e. The van der Waals surface area contributed by atoms with Crippen LogP contribution in [0.4, 0.5) is 5.95 Å². The highest BCUT2D eigenvalue weighted by molar-refractivity contribution is 7.89. The second kappa shape index (κ2) is 6.57. The summed E-state index contributed by atoms with van der Waals surface area (Å²) in [4.78, 5) is 7.06. The standard InChI is InChI=1S/C18H19ClN4O2S/c1-21-17-8-3-2-7-16(17)20-18(21)22-9-11-23(12-10-22)26(24,25)15-6-4-5-14(19)13-15/h2-8,13H,9-12H2,1H3. The van der Waals surface area contributed by atoms with Crippen LogP contribution in [0.25, 0.3) is 11.0 Å². The summed E-state index contributed by atoms with van der Waals surface area (Å²) >= 11 is 5.95. The fraction of sp³-hybridized carbons (Fsp3) is 0.278. The molecule has 1 fully saturated rings. The summed E-state index contributed by atoms with van der Waals surface area (Å²) in [6.45, 7) is 2.02. The van der Waals surface area contributed by atoms with Gasteiger partial charge in [-0.3, -0.25) is 0 Å². The molecule has 0 spiro atoms. The van der Waals surface area contributed by atoms with Crippen molar-refractivity contribution in [1.29, 1.82) is 0 Å². The predicted molar refractivity (Wildman–Crippen MR) is 103 cm³/mol. The number of imidazole rings is 1. The van der Waals surface area contributed by atoms with Crippen molar-refractivity contribution in [3.05, 3.63) is 53.6 Å². The van der Waals surface area contributed by atoms with Crippen molar-refractivity contribution >= 4 is 38.6 Å². The van der Waals surface area contributed by atoms with Crippen LogP contribution < -0.4 is 4.90 Å². The van der Waals surface area contributed by atoms with E-state index in [0.29, 0.717) is 31.2 Å². The Morgan fingerprint density at radius 1 is 1.00 bits per heavy atom. The second-order valence-corrected chi connectivity index (χ2v) is 8.68. The SMILES string of the molecule is Cn1c(N2CCN(S(=O)(=O)c3cccc(Cl)c3)CC2)nc2ccccc21. The lowest BCUT2D eigenvalue weighted by Gasteiger charge is -2.34. The predicted octanol–water partition coefficient (Wildman–Crippen LogP) is 2.74. The van der Waals surface area contributed by atoms with Crippen molar-refractivity contribution in [3.8, 4) is 0 Å². The van der Waals surface area contributed by atoms with Gasteiger partial charge < -0.3 is 9.47 Å². The first kappa shape index (κ1) is 17.3. The summed E-state index contributed by atoms with van der Waals surface area (Å²) in [5, 5.41) is 0.421. The molecule has 26 heavy (non-hydrogen) atoms. The molecule has 1 aliphatic heterocycles. The number of halogens is 1. The lowest BCUT2D eigenvalue weighted by Crippen LogP contribution is -2.49. The molecule has 1 saturated heterocycles. The van der Waals surface area contributed by atoms with Crippen LogP contribution in [-0.2, 0) is 17.1 Å². The molecule has 4 rings (SSSR count). The molecule has 6 nitrogen and oxygen atoms in total. The molecule has 0 N–H and O–H groups in total. The van der Waals surface area contributed by atoms with E-state index >= 15 is 0 Å². The number of hydrogen-bond acceptors (Lipinski definition) is 4. The number of fused-ring (bicyclic) bond motifs is 1. The van der Waals surface area contributed by atoms with Gasteiger partial charge in [-0.15, -0.1) is 0 Å². The number of benzene rings is 2. The Balaban J connectivity index is 1.54. The van der Waals surface area contributed by atoms with E-state index in [1.165, 1.54) is 10.4 Å². The molecule has 2 aromatic carbocycles. The second-order valence-electron chi connectivity index (χ2n) is 6.31. The quantitative estimate of drug-likeness (QED) is 0.690. The number of rotatable bonds is 3. The summed E-state index contributed by atoms with van der Waals surface area (Å²) in [7, 11) is -1.54. The van der Waals surface area contributed by atoms with Crippen LogP contribution in [0.2, 0.25) is 5.02 Å². The van der Waals surface area contributed by atoms with Crippen molar-refractivity contribution in [2.75, 3.05) is 31.1 Å². The fourth-order valence-electron chi connectivity index (χ4n) is 3.32. The molecule has 136 valence electrons. The number of aryl methyl sites for hydroxylation is 1. The van der Waals surface area contributed by atoms with Crippen LogP contribution in [0, 0.1) is 0 Å². The average Bonchev–Trinajstić information content (AvgIpc) is 2.99. The van der Waals surface area contributed by atoms with Gasteiger partial charge in [0.1, 0.15) is 0 Å². The number of para-hydroxylation sites is 2. The highest BCUT2D eigenvalue weighted by Crippen LogP contribution is 2.25. The topological polar surface area (TPSA) is 58.4 Å². The Kier molecular flexibility index (Phi) is 4.38. The molecule has 0 unspecified atom stereocenters. The van der Waals surface area contributed by atoms with Gasteiger partial charge in [-0.05, 0) is 30.3 Å². The number of aromatic nitrogens is 2. The van der Waals surface area contributed by atoms with Crippen LogP contribution in [-0.4, -0.2) is 48.5 Å². The molecular formula is C18H19ClN4O2S. The summed E-state index contributed by atoms with van der Waals surface area (Å²) in [6, 6.07) is 14.4. The molecule has 1 aliphatic rings. The molecule has 0 atom stereocenters. The van der Waals surface area contributed by atoms with Crippen molar-refractivity contribution < 1.29 is 8.42 Å². The third-order valence-electron chi connectivity index (χ3n) is 4.72. The van der Waals surface area contributed by atoms with E-state index in [4.69, 9.17) is 16.6 Å². The van der Waals surface area contributed by atoms with Crippen LogP contribution in [0.1, 0.15) is 0 Å². The monoisotopic (exact) mass is 390 g/mol. The van der Waals surface area contributed by atoms with E-state index in [2.05, 4.69) is 9.47 Å². The van der Waals surface area contributed by atoms with Crippen molar-refractivity contribution in [1.82, 2.24) is 13.9 Å². The van der Waals surface area contributed by atoms with E-state index in [1.807, 2.05) is 31.3 Å². The molecule has 0 bridgehead atoms. The van der Waals surface area contributed by atoms with Gasteiger partial charge in [0.25, 0.3) is 0 Å². The third-order valence-corrected chi connectivity index (χ3v) is 6.85. The van der Waals surface area contributed by atoms with Crippen molar-refractivity contribution in [3.63, 3.8) is 0 Å². The minimum absolute atomic E-state index is 0.237. The Labute approximate surface area is 157 Å². The first-order valence-corrected chi connectivity index (χ1v) is 10.2. The van der Waals surface area contributed by atoms with Gasteiger partial charge in [-0.2, -0.15) is 4.31 Å². The van der Waals surface area contributed by atoms with Crippen molar-refractivity contribution in [2.45, 2.75) is 4.90 Å². The number of hydrogen-bond donors (Lipinski definition) is 0. The Hall–Kier alpha value is -2.09. The smallest absolute Gasteiger partial charge is 0.243 e. The first-order valence-electron chi connectivity index (χ1n) is 8.39. The van der Waals surface area contributed by atoms with Crippen LogP contribution in [0.5, 0.6) is 0 Å². The molecule has 1 aromatic heterocycles. The molecule has 0 aliphatic carbocycles. The van der Waals surface area contributed by atoms with E-state index in [1.54, 1.807) is 18.2 Å². The normalized spacial score (nSPS) is 16.3.